The van der Waals surface area contributed by atoms with Crippen molar-refractivity contribution in [2.75, 3.05) is 0 Å². The van der Waals surface area contributed by atoms with Gasteiger partial charge in [-0.25, -0.2) is 0 Å². The summed E-state index contributed by atoms with van der Waals surface area (Å²) >= 11 is 4.24. The van der Waals surface area contributed by atoms with E-state index in [0.29, 0.717) is 11.5 Å². The minimum Gasteiger partial charge on any atom is -0.450 e. The average molecular weight is 452 g/mol. The van der Waals surface area contributed by atoms with E-state index in [9.17, 15) is 0 Å². The van der Waals surface area contributed by atoms with Gasteiger partial charge >= 0.3 is 0 Å². The largest absolute Gasteiger partial charge is 0.450 e. The molecule has 0 amide bonds. The molecule has 3 heterocycles. The topological polar surface area (TPSA) is 39.4 Å². The maximum Gasteiger partial charge on any atom is 0.170 e. The predicted octanol–water partition coefficient (Wildman–Crippen LogP) is 5.01. The van der Waals surface area contributed by atoms with Crippen LogP contribution in [-0.4, -0.2) is 0 Å². The standard InChI is InChI=1S/C12H6I2O3/c13-11-5-3-9(16-11)7-1-2-8(15-7)10-4-6-12(14)17-10/h1-6H. The van der Waals surface area contributed by atoms with Gasteiger partial charge in [0.25, 0.3) is 0 Å². The molecule has 3 aromatic rings. The summed E-state index contributed by atoms with van der Waals surface area (Å²) in [6, 6.07) is 11.3. The SMILES string of the molecule is Ic1ccc(-c2ccc(-c3ccc(I)o3)o2)o1. The minimum absolute atomic E-state index is 0.703. The van der Waals surface area contributed by atoms with Crippen LogP contribution in [0.3, 0.4) is 0 Å². The van der Waals surface area contributed by atoms with Crippen molar-refractivity contribution in [2.45, 2.75) is 0 Å². The zero-order valence-electron chi connectivity index (χ0n) is 8.44. The van der Waals surface area contributed by atoms with Crippen molar-refractivity contribution in [1.82, 2.24) is 0 Å². The zero-order valence-corrected chi connectivity index (χ0v) is 12.8. The van der Waals surface area contributed by atoms with E-state index in [2.05, 4.69) is 45.2 Å². The van der Waals surface area contributed by atoms with E-state index in [-0.39, 0.29) is 0 Å². The third kappa shape index (κ3) is 2.30. The minimum atomic E-state index is 0.703. The molecule has 0 bridgehead atoms. The monoisotopic (exact) mass is 452 g/mol. The highest BCUT2D eigenvalue weighted by Crippen LogP contribution is 2.30. The molecule has 0 N–H and O–H groups in total. The van der Waals surface area contributed by atoms with Gasteiger partial charge in [0.05, 0.1) is 0 Å². The van der Waals surface area contributed by atoms with Crippen LogP contribution in [-0.2, 0) is 0 Å². The summed E-state index contributed by atoms with van der Waals surface area (Å²) in [7, 11) is 0. The number of hydrogen-bond acceptors (Lipinski definition) is 3. The lowest BCUT2D eigenvalue weighted by Crippen LogP contribution is -1.66. The molecular weight excluding hydrogens is 446 g/mol. The van der Waals surface area contributed by atoms with Gasteiger partial charge in [-0.1, -0.05) is 0 Å². The maximum absolute atomic E-state index is 5.69. The second kappa shape index (κ2) is 4.52. The van der Waals surface area contributed by atoms with E-state index < -0.39 is 0 Å². The van der Waals surface area contributed by atoms with Crippen LogP contribution in [0.2, 0.25) is 0 Å². The van der Waals surface area contributed by atoms with E-state index >= 15 is 0 Å². The molecule has 3 aromatic heterocycles. The summed E-state index contributed by atoms with van der Waals surface area (Å²) < 4.78 is 18.3. The number of hydrogen-bond donors (Lipinski definition) is 0. The van der Waals surface area contributed by atoms with Crippen LogP contribution in [0.4, 0.5) is 0 Å². The first-order valence-electron chi connectivity index (χ1n) is 4.83. The van der Waals surface area contributed by atoms with Crippen LogP contribution in [0.1, 0.15) is 0 Å². The van der Waals surface area contributed by atoms with Crippen LogP contribution >= 0.6 is 45.2 Å². The summed E-state index contributed by atoms with van der Waals surface area (Å²) in [4.78, 5) is 0. The number of halogens is 2. The second-order valence-electron chi connectivity index (χ2n) is 3.37. The number of rotatable bonds is 2. The predicted molar refractivity (Wildman–Crippen MR) is 79.5 cm³/mol. The average Bonchev–Trinajstić information content (AvgIpc) is 2.96. The van der Waals surface area contributed by atoms with E-state index in [1.54, 1.807) is 0 Å². The molecule has 0 aliphatic rings. The molecule has 0 atom stereocenters. The third-order valence-corrected chi connectivity index (χ3v) is 3.40. The molecule has 0 aliphatic carbocycles. The van der Waals surface area contributed by atoms with Gasteiger partial charge in [0.15, 0.2) is 30.6 Å². The van der Waals surface area contributed by atoms with Gasteiger partial charge in [0, 0.05) is 0 Å². The summed E-state index contributed by atoms with van der Waals surface area (Å²) in [6.45, 7) is 0. The Kier molecular flexibility index (Phi) is 3.03. The Bertz CT molecular complexity index is 593. The molecule has 3 rings (SSSR count). The van der Waals surface area contributed by atoms with Gasteiger partial charge in [-0.05, 0) is 81.6 Å². The fraction of sp³-hybridized carbons (Fsp3) is 0. The Hall–Kier alpha value is -0.700. The summed E-state index contributed by atoms with van der Waals surface area (Å²) in [5.74, 6) is 2.85. The Morgan fingerprint density at radius 2 is 0.882 bits per heavy atom. The normalized spacial score (nSPS) is 10.9. The highest BCUT2D eigenvalue weighted by Gasteiger charge is 2.12. The molecule has 86 valence electrons. The molecule has 0 radical (unpaired) electrons. The second-order valence-corrected chi connectivity index (χ2v) is 5.50. The molecule has 0 aromatic carbocycles. The highest BCUT2D eigenvalue weighted by atomic mass is 127. The van der Waals surface area contributed by atoms with E-state index in [0.717, 1.165) is 19.1 Å². The zero-order chi connectivity index (χ0) is 11.8. The fourth-order valence-corrected chi connectivity index (χ4v) is 2.33. The van der Waals surface area contributed by atoms with Crippen molar-refractivity contribution in [3.05, 3.63) is 43.9 Å². The summed E-state index contributed by atoms with van der Waals surface area (Å²) in [5, 5.41) is 0. The summed E-state index contributed by atoms with van der Waals surface area (Å²) in [6.07, 6.45) is 0. The van der Waals surface area contributed by atoms with Gasteiger partial charge in [0.1, 0.15) is 0 Å². The molecule has 5 heteroatoms. The smallest absolute Gasteiger partial charge is 0.170 e. The molecule has 0 spiro atoms. The first-order valence-corrected chi connectivity index (χ1v) is 6.99. The van der Waals surface area contributed by atoms with E-state index in [4.69, 9.17) is 13.3 Å². The van der Waals surface area contributed by atoms with Crippen molar-refractivity contribution in [2.24, 2.45) is 0 Å². The van der Waals surface area contributed by atoms with Crippen molar-refractivity contribution in [3.8, 4) is 23.0 Å². The fourth-order valence-electron chi connectivity index (χ4n) is 1.50. The van der Waals surface area contributed by atoms with Crippen molar-refractivity contribution in [1.29, 1.82) is 0 Å². The van der Waals surface area contributed by atoms with Gasteiger partial charge in [-0.2, -0.15) is 0 Å². The van der Waals surface area contributed by atoms with E-state index in [1.165, 1.54) is 0 Å². The highest BCUT2D eigenvalue weighted by molar-refractivity contribution is 14.1. The molecule has 17 heavy (non-hydrogen) atoms. The maximum atomic E-state index is 5.69. The van der Waals surface area contributed by atoms with Gasteiger partial charge < -0.3 is 13.3 Å². The number of furan rings is 3. The van der Waals surface area contributed by atoms with Crippen LogP contribution in [0.15, 0.2) is 49.6 Å². The first kappa shape index (κ1) is 11.4. The van der Waals surface area contributed by atoms with Crippen molar-refractivity contribution >= 4 is 45.2 Å². The molecule has 3 nitrogen and oxygen atoms in total. The Balaban J connectivity index is 1.98. The quantitative estimate of drug-likeness (QED) is 0.514. The molecule has 0 saturated heterocycles. The Labute approximate surface area is 124 Å². The summed E-state index contributed by atoms with van der Waals surface area (Å²) in [5.41, 5.74) is 0. The van der Waals surface area contributed by atoms with Crippen LogP contribution < -0.4 is 0 Å². The molecular formula is C12H6I2O3. The van der Waals surface area contributed by atoms with Gasteiger partial charge in [0.2, 0.25) is 0 Å². The lowest BCUT2D eigenvalue weighted by atomic mass is 10.3. The van der Waals surface area contributed by atoms with Gasteiger partial charge in [-0.15, -0.1) is 0 Å². The molecule has 0 unspecified atom stereocenters. The van der Waals surface area contributed by atoms with Crippen molar-refractivity contribution in [3.63, 3.8) is 0 Å². The molecule has 0 aliphatic heterocycles. The lowest BCUT2D eigenvalue weighted by molar-refractivity contribution is 0.493. The van der Waals surface area contributed by atoms with Crippen LogP contribution in [0, 0.1) is 7.53 Å². The lowest BCUT2D eigenvalue weighted by Gasteiger charge is -1.91. The molecule has 0 fully saturated rings. The van der Waals surface area contributed by atoms with Gasteiger partial charge in [-0.3, -0.25) is 0 Å². The Morgan fingerprint density at radius 3 is 1.24 bits per heavy atom. The first-order chi connectivity index (χ1) is 8.22. The van der Waals surface area contributed by atoms with Crippen molar-refractivity contribution < 1.29 is 13.3 Å². The molecule has 0 saturated carbocycles. The Morgan fingerprint density at radius 1 is 0.529 bits per heavy atom. The van der Waals surface area contributed by atoms with E-state index in [1.807, 2.05) is 36.4 Å². The van der Waals surface area contributed by atoms with Crippen LogP contribution in [0.25, 0.3) is 23.0 Å². The van der Waals surface area contributed by atoms with Crippen LogP contribution in [0.5, 0.6) is 0 Å². The third-order valence-electron chi connectivity index (χ3n) is 2.24.